The van der Waals surface area contributed by atoms with Crippen LogP contribution in [-0.2, 0) is 9.59 Å². The lowest BCUT2D eigenvalue weighted by atomic mass is 9.79. The minimum Gasteiger partial charge on any atom is -0.497 e. The Morgan fingerprint density at radius 2 is 2.12 bits per heavy atom. The molecule has 0 aromatic heterocycles. The highest BCUT2D eigenvalue weighted by Crippen LogP contribution is 2.50. The molecule has 1 aromatic carbocycles. The van der Waals surface area contributed by atoms with Crippen LogP contribution in [0.2, 0.25) is 0 Å². The summed E-state index contributed by atoms with van der Waals surface area (Å²) in [5.41, 5.74) is 0.972. The molecule has 1 saturated carbocycles. The van der Waals surface area contributed by atoms with E-state index in [0.717, 1.165) is 17.0 Å². The van der Waals surface area contributed by atoms with Gasteiger partial charge in [0.2, 0.25) is 5.91 Å². The van der Waals surface area contributed by atoms with Crippen LogP contribution >= 0.6 is 0 Å². The lowest BCUT2D eigenvalue weighted by Crippen LogP contribution is -2.43. The molecule has 2 atom stereocenters. The third-order valence-electron chi connectivity index (χ3n) is 4.88. The number of ketones is 1. The molecule has 3 rings (SSSR count). The molecule has 2 aliphatic rings. The number of anilines is 1. The van der Waals surface area contributed by atoms with Crippen LogP contribution in [0.3, 0.4) is 0 Å². The Kier molecular flexibility index (Phi) is 4.14. The Labute approximate surface area is 142 Å². The van der Waals surface area contributed by atoms with E-state index < -0.39 is 5.41 Å². The molecule has 0 unspecified atom stereocenters. The second-order valence-electron chi connectivity index (χ2n) is 6.39. The molecule has 24 heavy (non-hydrogen) atoms. The quantitative estimate of drug-likeness (QED) is 0.781. The Hall–Kier alpha value is -2.62. The Morgan fingerprint density at radius 3 is 2.75 bits per heavy atom. The van der Waals surface area contributed by atoms with E-state index in [0.29, 0.717) is 19.4 Å². The van der Waals surface area contributed by atoms with Crippen LogP contribution in [0, 0.1) is 11.3 Å². The maximum Gasteiger partial charge on any atom is 0.237 e. The molecule has 0 saturated heterocycles. The standard InChI is InChI=1S/C20H21NO3/c1-4-11-21(15-5-7-16(24-3)8-6-15)19(23)20-10-9-18(22)17(13-20)14(2)12-20/h4-10,17H,1-2,11-13H2,3H3/t17-,20+/m1/s1. The molecule has 4 heteroatoms. The topological polar surface area (TPSA) is 46.6 Å². The molecule has 0 radical (unpaired) electrons. The van der Waals surface area contributed by atoms with Gasteiger partial charge in [0.05, 0.1) is 12.5 Å². The van der Waals surface area contributed by atoms with Crippen LogP contribution in [-0.4, -0.2) is 25.3 Å². The van der Waals surface area contributed by atoms with Crippen molar-refractivity contribution in [2.75, 3.05) is 18.6 Å². The number of hydrogen-bond donors (Lipinski definition) is 0. The molecule has 0 N–H and O–H groups in total. The van der Waals surface area contributed by atoms with Gasteiger partial charge in [0.15, 0.2) is 5.78 Å². The number of rotatable bonds is 5. The van der Waals surface area contributed by atoms with Crippen molar-refractivity contribution >= 4 is 17.4 Å². The SMILES string of the molecule is C=CCN(C(=O)[C@]12C=CC(=O)[C@H](C1)C(=C)C2)c1ccc(OC)cc1. The van der Waals surface area contributed by atoms with Crippen molar-refractivity contribution in [3.05, 3.63) is 61.2 Å². The van der Waals surface area contributed by atoms with E-state index in [1.165, 1.54) is 0 Å². The van der Waals surface area contributed by atoms with E-state index in [1.54, 1.807) is 30.2 Å². The monoisotopic (exact) mass is 323 g/mol. The zero-order chi connectivity index (χ0) is 17.3. The molecule has 1 fully saturated rings. The van der Waals surface area contributed by atoms with Crippen LogP contribution in [0.4, 0.5) is 5.69 Å². The second-order valence-corrected chi connectivity index (χ2v) is 6.39. The van der Waals surface area contributed by atoms with Gasteiger partial charge in [-0.2, -0.15) is 0 Å². The number of amides is 1. The third kappa shape index (κ3) is 2.58. The summed E-state index contributed by atoms with van der Waals surface area (Å²) in [5.74, 6) is 0.557. The molecule has 124 valence electrons. The van der Waals surface area contributed by atoms with Crippen molar-refractivity contribution in [3.8, 4) is 5.75 Å². The average molecular weight is 323 g/mol. The van der Waals surface area contributed by atoms with Crippen molar-refractivity contribution < 1.29 is 14.3 Å². The van der Waals surface area contributed by atoms with E-state index >= 15 is 0 Å². The van der Waals surface area contributed by atoms with E-state index in [2.05, 4.69) is 13.2 Å². The Morgan fingerprint density at radius 1 is 1.42 bits per heavy atom. The number of benzene rings is 1. The third-order valence-corrected chi connectivity index (χ3v) is 4.88. The van der Waals surface area contributed by atoms with Crippen molar-refractivity contribution in [2.24, 2.45) is 11.3 Å². The summed E-state index contributed by atoms with van der Waals surface area (Å²) in [6, 6.07) is 7.37. The van der Waals surface area contributed by atoms with Gasteiger partial charge in [0.1, 0.15) is 5.75 Å². The fraction of sp³-hybridized carbons (Fsp3) is 0.300. The number of ether oxygens (including phenoxy) is 1. The predicted octanol–water partition coefficient (Wildman–Crippen LogP) is 3.31. The molecule has 2 bridgehead atoms. The van der Waals surface area contributed by atoms with Gasteiger partial charge in [-0.1, -0.05) is 24.3 Å². The molecule has 1 amide bonds. The van der Waals surface area contributed by atoms with Gasteiger partial charge in [-0.05, 0) is 43.2 Å². The predicted molar refractivity (Wildman–Crippen MR) is 94.0 cm³/mol. The van der Waals surface area contributed by atoms with Crippen LogP contribution in [0.25, 0.3) is 0 Å². The Balaban J connectivity index is 1.95. The van der Waals surface area contributed by atoms with Crippen LogP contribution in [0.15, 0.2) is 61.2 Å². The number of carbonyl (C=O) groups excluding carboxylic acids is 2. The minimum atomic E-state index is -0.668. The van der Waals surface area contributed by atoms with E-state index in [1.807, 2.05) is 24.3 Å². The second kappa shape index (κ2) is 6.11. The highest BCUT2D eigenvalue weighted by Gasteiger charge is 2.51. The smallest absolute Gasteiger partial charge is 0.237 e. The zero-order valence-corrected chi connectivity index (χ0v) is 13.8. The lowest BCUT2D eigenvalue weighted by Gasteiger charge is -2.33. The molecule has 0 spiro atoms. The minimum absolute atomic E-state index is 0.0139. The van der Waals surface area contributed by atoms with Crippen LogP contribution in [0.5, 0.6) is 5.75 Å². The first-order chi connectivity index (χ1) is 11.5. The molecule has 0 heterocycles. The fourth-order valence-electron chi connectivity index (χ4n) is 3.60. The molecule has 1 aromatic rings. The van der Waals surface area contributed by atoms with E-state index in [4.69, 9.17) is 4.74 Å². The first kappa shape index (κ1) is 16.2. The first-order valence-electron chi connectivity index (χ1n) is 7.98. The summed E-state index contributed by atoms with van der Waals surface area (Å²) in [7, 11) is 1.61. The largest absolute Gasteiger partial charge is 0.497 e. The number of allylic oxidation sites excluding steroid dienone is 2. The maximum atomic E-state index is 13.3. The number of hydrogen-bond acceptors (Lipinski definition) is 3. The summed E-state index contributed by atoms with van der Waals surface area (Å²) in [6.45, 7) is 8.18. The summed E-state index contributed by atoms with van der Waals surface area (Å²) in [5, 5.41) is 0. The lowest BCUT2D eigenvalue weighted by molar-refractivity contribution is -0.126. The van der Waals surface area contributed by atoms with Gasteiger partial charge < -0.3 is 9.64 Å². The maximum absolute atomic E-state index is 13.3. The first-order valence-corrected chi connectivity index (χ1v) is 7.98. The molecular weight excluding hydrogens is 302 g/mol. The number of carbonyl (C=O) groups is 2. The van der Waals surface area contributed by atoms with Crippen molar-refractivity contribution in [3.63, 3.8) is 0 Å². The van der Waals surface area contributed by atoms with Gasteiger partial charge in [0, 0.05) is 18.2 Å². The van der Waals surface area contributed by atoms with E-state index in [-0.39, 0.29) is 17.6 Å². The molecule has 2 aliphatic carbocycles. The van der Waals surface area contributed by atoms with Crippen LogP contribution in [0.1, 0.15) is 12.8 Å². The van der Waals surface area contributed by atoms with Gasteiger partial charge in [-0.15, -0.1) is 6.58 Å². The van der Waals surface area contributed by atoms with Crippen LogP contribution < -0.4 is 9.64 Å². The number of methoxy groups -OCH3 is 1. The Bertz CT molecular complexity index is 732. The summed E-state index contributed by atoms with van der Waals surface area (Å²) < 4.78 is 5.18. The van der Waals surface area contributed by atoms with Gasteiger partial charge in [-0.3, -0.25) is 9.59 Å². The fourth-order valence-corrected chi connectivity index (χ4v) is 3.60. The van der Waals surface area contributed by atoms with Gasteiger partial charge in [-0.25, -0.2) is 0 Å². The highest BCUT2D eigenvalue weighted by atomic mass is 16.5. The van der Waals surface area contributed by atoms with Crippen molar-refractivity contribution in [1.82, 2.24) is 0 Å². The summed E-state index contributed by atoms with van der Waals surface area (Å²) in [6.07, 6.45) is 6.07. The normalized spacial score (nSPS) is 24.8. The summed E-state index contributed by atoms with van der Waals surface area (Å²) in [4.78, 5) is 27.0. The van der Waals surface area contributed by atoms with Crippen molar-refractivity contribution in [2.45, 2.75) is 12.8 Å². The highest BCUT2D eigenvalue weighted by molar-refractivity contribution is 6.05. The molecule has 4 nitrogen and oxygen atoms in total. The molecule has 0 aliphatic heterocycles. The summed E-state index contributed by atoms with van der Waals surface area (Å²) >= 11 is 0. The van der Waals surface area contributed by atoms with Gasteiger partial charge in [0.25, 0.3) is 0 Å². The number of nitrogens with zero attached hydrogens (tertiary/aromatic N) is 1. The van der Waals surface area contributed by atoms with Crippen molar-refractivity contribution in [1.29, 1.82) is 0 Å². The molecular formula is C20H21NO3. The average Bonchev–Trinajstić information content (AvgIpc) is 2.89. The van der Waals surface area contributed by atoms with Gasteiger partial charge >= 0.3 is 0 Å². The zero-order valence-electron chi connectivity index (χ0n) is 13.8. The van der Waals surface area contributed by atoms with E-state index in [9.17, 15) is 9.59 Å². The number of fused-ring (bicyclic) bond motifs is 2.